The smallest absolute Gasteiger partial charge is 0.225 e. The third-order valence-electron chi connectivity index (χ3n) is 4.01. The first kappa shape index (κ1) is 17.0. The zero-order valence-electron chi connectivity index (χ0n) is 15.0. The molecule has 0 saturated carbocycles. The molecule has 3 rings (SSSR count). The molecule has 1 aromatic carbocycles. The summed E-state index contributed by atoms with van der Waals surface area (Å²) in [5.74, 6) is 1.95. The van der Waals surface area contributed by atoms with Gasteiger partial charge in [-0.25, -0.2) is 4.98 Å². The number of anilines is 1. The summed E-state index contributed by atoms with van der Waals surface area (Å²) in [6.07, 6.45) is 1.27. The van der Waals surface area contributed by atoms with Gasteiger partial charge in [-0.1, -0.05) is 19.1 Å². The Morgan fingerprint density at radius 1 is 1.28 bits per heavy atom. The molecule has 2 heterocycles. The maximum Gasteiger partial charge on any atom is 0.225 e. The molecule has 2 aromatic heterocycles. The molecule has 0 atom stereocenters. The van der Waals surface area contributed by atoms with Gasteiger partial charge in [-0.3, -0.25) is 4.79 Å². The summed E-state index contributed by atoms with van der Waals surface area (Å²) in [6, 6.07) is 9.66. The third-order valence-corrected chi connectivity index (χ3v) is 4.01. The van der Waals surface area contributed by atoms with Crippen LogP contribution in [0.1, 0.15) is 31.0 Å². The number of methoxy groups -OCH3 is 1. The number of rotatable bonds is 5. The van der Waals surface area contributed by atoms with Crippen LogP contribution < -0.4 is 10.1 Å². The van der Waals surface area contributed by atoms with Gasteiger partial charge in [0.25, 0.3) is 0 Å². The number of pyridine rings is 1. The fourth-order valence-electron chi connectivity index (χ4n) is 2.84. The van der Waals surface area contributed by atoms with Crippen molar-refractivity contribution in [2.24, 2.45) is 0 Å². The van der Waals surface area contributed by atoms with Crippen molar-refractivity contribution in [2.75, 3.05) is 12.4 Å². The van der Waals surface area contributed by atoms with E-state index in [-0.39, 0.29) is 5.91 Å². The Morgan fingerprint density at radius 3 is 2.80 bits per heavy atom. The van der Waals surface area contributed by atoms with Crippen molar-refractivity contribution in [3.05, 3.63) is 41.6 Å². The first-order valence-electron chi connectivity index (χ1n) is 8.34. The Hall–Kier alpha value is -2.89. The number of hydrogen-bond acceptors (Lipinski definition) is 4. The maximum absolute atomic E-state index is 12.0. The van der Waals surface area contributed by atoms with E-state index in [9.17, 15) is 4.79 Å². The van der Waals surface area contributed by atoms with Crippen molar-refractivity contribution in [3.8, 4) is 11.6 Å². The Bertz CT molecular complexity index is 931. The average molecular weight is 338 g/mol. The second-order valence-electron chi connectivity index (χ2n) is 6.03. The number of amides is 1. The molecule has 0 unspecified atom stereocenters. The van der Waals surface area contributed by atoms with Gasteiger partial charge in [0.1, 0.15) is 17.1 Å². The molecule has 0 aliphatic heterocycles. The highest BCUT2D eigenvalue weighted by atomic mass is 16.5. The molecule has 6 heteroatoms. The van der Waals surface area contributed by atoms with Crippen LogP contribution in [0.2, 0.25) is 0 Å². The van der Waals surface area contributed by atoms with E-state index in [2.05, 4.69) is 10.4 Å². The Balaban J connectivity index is 2.12. The Kier molecular flexibility index (Phi) is 4.70. The molecule has 6 nitrogen and oxygen atoms in total. The molecule has 0 saturated heterocycles. The van der Waals surface area contributed by atoms with Crippen LogP contribution in [0.5, 0.6) is 5.75 Å². The van der Waals surface area contributed by atoms with Gasteiger partial charge >= 0.3 is 0 Å². The number of ether oxygens (including phenoxy) is 1. The van der Waals surface area contributed by atoms with Gasteiger partial charge in [-0.05, 0) is 38.0 Å². The summed E-state index contributed by atoms with van der Waals surface area (Å²) < 4.78 is 7.11. The number of aryl methyl sites for hydroxylation is 2. The van der Waals surface area contributed by atoms with Crippen LogP contribution >= 0.6 is 0 Å². The topological polar surface area (TPSA) is 69.0 Å². The van der Waals surface area contributed by atoms with Gasteiger partial charge in [-0.2, -0.15) is 9.78 Å². The highest BCUT2D eigenvalue weighted by Crippen LogP contribution is 2.28. The monoisotopic (exact) mass is 338 g/mol. The fourth-order valence-corrected chi connectivity index (χ4v) is 2.84. The van der Waals surface area contributed by atoms with Gasteiger partial charge < -0.3 is 10.1 Å². The molecule has 130 valence electrons. The molecule has 0 aliphatic rings. The number of nitrogens with one attached hydrogen (secondary N) is 1. The quantitative estimate of drug-likeness (QED) is 0.768. The van der Waals surface area contributed by atoms with Crippen molar-refractivity contribution >= 4 is 22.6 Å². The minimum Gasteiger partial charge on any atom is -0.494 e. The van der Waals surface area contributed by atoms with Gasteiger partial charge in [-0.15, -0.1) is 0 Å². The SMILES string of the molecule is CCCC(=O)Nc1cc(C)nn1-c1cc(C)c2cccc(OC)c2n1. The van der Waals surface area contributed by atoms with Crippen molar-refractivity contribution < 1.29 is 9.53 Å². The molecule has 0 fully saturated rings. The summed E-state index contributed by atoms with van der Waals surface area (Å²) in [5.41, 5.74) is 2.66. The van der Waals surface area contributed by atoms with Gasteiger partial charge in [0.15, 0.2) is 5.82 Å². The van der Waals surface area contributed by atoms with Crippen LogP contribution in [0.15, 0.2) is 30.3 Å². The van der Waals surface area contributed by atoms with Crippen LogP contribution in [0.4, 0.5) is 5.82 Å². The first-order valence-corrected chi connectivity index (χ1v) is 8.34. The minimum absolute atomic E-state index is 0.0289. The van der Waals surface area contributed by atoms with Crippen LogP contribution in [-0.2, 0) is 4.79 Å². The lowest BCUT2D eigenvalue weighted by atomic mass is 10.1. The standard InChI is InChI=1S/C19H22N4O2/c1-5-7-18(24)20-17-11-13(3)22-23(17)16-10-12(2)14-8-6-9-15(25-4)19(14)21-16/h6,8-11H,5,7H2,1-4H3,(H,20,24). The molecule has 0 aliphatic carbocycles. The van der Waals surface area contributed by atoms with E-state index in [0.29, 0.717) is 23.8 Å². The molecular weight excluding hydrogens is 316 g/mol. The summed E-state index contributed by atoms with van der Waals surface area (Å²) >= 11 is 0. The molecule has 25 heavy (non-hydrogen) atoms. The lowest BCUT2D eigenvalue weighted by Crippen LogP contribution is -2.15. The van der Waals surface area contributed by atoms with E-state index in [1.54, 1.807) is 11.8 Å². The number of carbonyl (C=O) groups excluding carboxylic acids is 1. The summed E-state index contributed by atoms with van der Waals surface area (Å²) in [4.78, 5) is 16.7. The average Bonchev–Trinajstić information content (AvgIpc) is 2.94. The number of hydrogen-bond donors (Lipinski definition) is 1. The molecular formula is C19H22N4O2. The second-order valence-corrected chi connectivity index (χ2v) is 6.03. The fraction of sp³-hybridized carbons (Fsp3) is 0.316. The van der Waals surface area contributed by atoms with Crippen LogP contribution in [0.3, 0.4) is 0 Å². The minimum atomic E-state index is -0.0289. The summed E-state index contributed by atoms with van der Waals surface area (Å²) in [6.45, 7) is 5.89. The Labute approximate surface area is 146 Å². The van der Waals surface area contributed by atoms with E-state index in [4.69, 9.17) is 9.72 Å². The molecule has 0 spiro atoms. The van der Waals surface area contributed by atoms with Crippen molar-refractivity contribution in [3.63, 3.8) is 0 Å². The number of aromatic nitrogens is 3. The number of fused-ring (bicyclic) bond motifs is 1. The van der Waals surface area contributed by atoms with E-state index in [1.165, 1.54) is 0 Å². The van der Waals surface area contributed by atoms with Crippen molar-refractivity contribution in [1.82, 2.24) is 14.8 Å². The van der Waals surface area contributed by atoms with Gasteiger partial charge in [0.05, 0.1) is 12.8 Å². The van der Waals surface area contributed by atoms with Crippen LogP contribution in [0, 0.1) is 13.8 Å². The van der Waals surface area contributed by atoms with E-state index < -0.39 is 0 Å². The van der Waals surface area contributed by atoms with Crippen molar-refractivity contribution in [1.29, 1.82) is 0 Å². The van der Waals surface area contributed by atoms with Gasteiger partial charge in [0, 0.05) is 17.9 Å². The van der Waals surface area contributed by atoms with E-state index in [0.717, 1.165) is 28.6 Å². The number of para-hydroxylation sites is 1. The second kappa shape index (κ2) is 6.93. The lowest BCUT2D eigenvalue weighted by molar-refractivity contribution is -0.116. The lowest BCUT2D eigenvalue weighted by Gasteiger charge is -2.12. The zero-order chi connectivity index (χ0) is 18.0. The number of benzene rings is 1. The highest BCUT2D eigenvalue weighted by Gasteiger charge is 2.14. The number of carbonyl (C=O) groups is 1. The summed E-state index contributed by atoms with van der Waals surface area (Å²) in [7, 11) is 1.63. The molecule has 0 bridgehead atoms. The largest absolute Gasteiger partial charge is 0.494 e. The zero-order valence-corrected chi connectivity index (χ0v) is 15.0. The Morgan fingerprint density at radius 2 is 2.08 bits per heavy atom. The molecule has 0 radical (unpaired) electrons. The predicted octanol–water partition coefficient (Wildman–Crippen LogP) is 3.78. The van der Waals surface area contributed by atoms with Gasteiger partial charge in [0.2, 0.25) is 5.91 Å². The van der Waals surface area contributed by atoms with Crippen molar-refractivity contribution in [2.45, 2.75) is 33.6 Å². The first-order chi connectivity index (χ1) is 12.0. The van der Waals surface area contributed by atoms with Crippen LogP contribution in [-0.4, -0.2) is 27.8 Å². The number of nitrogens with zero attached hydrogens (tertiary/aromatic N) is 3. The molecule has 1 amide bonds. The predicted molar refractivity (Wildman–Crippen MR) is 98.4 cm³/mol. The highest BCUT2D eigenvalue weighted by molar-refractivity contribution is 5.91. The molecule has 1 N–H and O–H groups in total. The van der Waals surface area contributed by atoms with Crippen LogP contribution in [0.25, 0.3) is 16.7 Å². The molecule has 3 aromatic rings. The third kappa shape index (κ3) is 3.33. The summed E-state index contributed by atoms with van der Waals surface area (Å²) in [5, 5.41) is 8.44. The maximum atomic E-state index is 12.0. The normalized spacial score (nSPS) is 10.9. The van der Waals surface area contributed by atoms with E-state index in [1.807, 2.05) is 51.1 Å². The van der Waals surface area contributed by atoms with E-state index >= 15 is 0 Å².